The first-order chi connectivity index (χ1) is 11.0. The molecule has 0 saturated carbocycles. The second kappa shape index (κ2) is 6.11. The fourth-order valence-electron chi connectivity index (χ4n) is 1.85. The summed E-state index contributed by atoms with van der Waals surface area (Å²) in [5, 5.41) is 2.50. The molecule has 24 heavy (non-hydrogen) atoms. The van der Waals surface area contributed by atoms with E-state index in [1.165, 1.54) is 19.9 Å². The van der Waals surface area contributed by atoms with Gasteiger partial charge in [-0.3, -0.25) is 4.72 Å². The molecule has 10 heteroatoms. The van der Waals surface area contributed by atoms with Crippen LogP contribution >= 0.6 is 0 Å². The summed E-state index contributed by atoms with van der Waals surface area (Å²) in [6.45, 7) is 2.79. The van der Waals surface area contributed by atoms with E-state index in [0.717, 1.165) is 24.6 Å². The fourth-order valence-corrected chi connectivity index (χ4v) is 2.43. The van der Waals surface area contributed by atoms with Crippen molar-refractivity contribution in [3.05, 3.63) is 35.8 Å². The first kappa shape index (κ1) is 17.7. The van der Waals surface area contributed by atoms with Gasteiger partial charge in [0.1, 0.15) is 5.82 Å². The van der Waals surface area contributed by atoms with E-state index in [1.807, 2.05) is 0 Å². The van der Waals surface area contributed by atoms with Crippen LogP contribution in [0.5, 0.6) is 0 Å². The average molecular weight is 358 g/mol. The van der Waals surface area contributed by atoms with Gasteiger partial charge in [-0.1, -0.05) is 0 Å². The van der Waals surface area contributed by atoms with Gasteiger partial charge in [-0.05, 0) is 18.2 Å². The summed E-state index contributed by atoms with van der Waals surface area (Å²) in [6.07, 6.45) is 1.89. The van der Waals surface area contributed by atoms with E-state index in [1.54, 1.807) is 0 Å². The van der Waals surface area contributed by atoms with E-state index in [0.29, 0.717) is 0 Å². The van der Waals surface area contributed by atoms with Crippen molar-refractivity contribution in [2.24, 2.45) is 0 Å². The third kappa shape index (κ3) is 4.44. The van der Waals surface area contributed by atoms with Crippen LogP contribution in [0.3, 0.4) is 0 Å². The third-order valence-electron chi connectivity index (χ3n) is 2.77. The van der Waals surface area contributed by atoms with Gasteiger partial charge in [-0.2, -0.15) is 0 Å². The minimum Gasteiger partial charge on any atom is -0.419 e. The summed E-state index contributed by atoms with van der Waals surface area (Å²) in [5.41, 5.74) is -0.407. The number of hydrogen-bond acceptors (Lipinski definition) is 7. The second-order valence-electron chi connectivity index (χ2n) is 5.45. The third-order valence-corrected chi connectivity index (χ3v) is 3.36. The van der Waals surface area contributed by atoms with Crippen LogP contribution in [0, 0.1) is 5.82 Å². The summed E-state index contributed by atoms with van der Waals surface area (Å²) < 4.78 is 48.0. The Morgan fingerprint density at radius 2 is 1.71 bits per heavy atom. The van der Waals surface area contributed by atoms with Crippen LogP contribution in [0.25, 0.3) is 0 Å². The van der Waals surface area contributed by atoms with Gasteiger partial charge in [0.25, 0.3) is 5.79 Å². The fraction of sp³-hybridized carbons (Fsp3) is 0.286. The molecule has 0 aliphatic carbocycles. The van der Waals surface area contributed by atoms with Gasteiger partial charge in [-0.25, -0.2) is 22.4 Å². The Hall–Kier alpha value is -2.62. The topological polar surface area (TPSA) is 111 Å². The van der Waals surface area contributed by atoms with Crippen molar-refractivity contribution < 1.29 is 31.9 Å². The molecule has 0 aromatic heterocycles. The Kier molecular flexibility index (Phi) is 4.52. The van der Waals surface area contributed by atoms with Crippen LogP contribution in [0.1, 0.15) is 13.8 Å². The Labute approximate surface area is 137 Å². The Balaban J connectivity index is 2.30. The molecule has 0 atom stereocenters. The van der Waals surface area contributed by atoms with Crippen molar-refractivity contribution in [2.75, 3.05) is 16.3 Å². The summed E-state index contributed by atoms with van der Waals surface area (Å²) in [6, 6.07) is 3.24. The van der Waals surface area contributed by atoms with Crippen LogP contribution in [-0.4, -0.2) is 32.4 Å². The summed E-state index contributed by atoms with van der Waals surface area (Å²) in [4.78, 5) is 23.6. The quantitative estimate of drug-likeness (QED) is 0.474. The molecule has 1 fully saturated rings. The number of rotatable bonds is 4. The predicted molar refractivity (Wildman–Crippen MR) is 82.8 cm³/mol. The lowest BCUT2D eigenvalue weighted by molar-refractivity contribution is -0.222. The SMILES string of the molecule is CC1(C)OC(=O)C(=CNc2cc(F)ccc2NS(C)(=O)=O)C(=O)O1. The minimum absolute atomic E-state index is 0.00152. The molecule has 1 aromatic rings. The van der Waals surface area contributed by atoms with E-state index < -0.39 is 39.1 Å². The van der Waals surface area contributed by atoms with Crippen LogP contribution < -0.4 is 10.0 Å². The zero-order valence-electron chi connectivity index (χ0n) is 13.0. The lowest BCUT2D eigenvalue weighted by Crippen LogP contribution is -2.42. The van der Waals surface area contributed by atoms with E-state index in [4.69, 9.17) is 9.47 Å². The molecule has 1 heterocycles. The minimum atomic E-state index is -3.61. The van der Waals surface area contributed by atoms with Crippen molar-refractivity contribution in [2.45, 2.75) is 19.6 Å². The Bertz CT molecular complexity index is 810. The van der Waals surface area contributed by atoms with E-state index >= 15 is 0 Å². The number of hydrogen-bond donors (Lipinski definition) is 2. The molecule has 0 bridgehead atoms. The van der Waals surface area contributed by atoms with Crippen molar-refractivity contribution in [3.63, 3.8) is 0 Å². The van der Waals surface area contributed by atoms with E-state index in [-0.39, 0.29) is 11.4 Å². The average Bonchev–Trinajstić information content (AvgIpc) is 2.37. The predicted octanol–water partition coefficient (Wildman–Crippen LogP) is 1.33. The zero-order valence-corrected chi connectivity index (χ0v) is 13.9. The number of halogens is 1. The molecule has 1 aliphatic heterocycles. The van der Waals surface area contributed by atoms with Crippen molar-refractivity contribution in [3.8, 4) is 0 Å². The number of nitrogens with one attached hydrogen (secondary N) is 2. The molecule has 2 N–H and O–H groups in total. The van der Waals surface area contributed by atoms with Gasteiger partial charge >= 0.3 is 11.9 Å². The first-order valence-corrected chi connectivity index (χ1v) is 8.57. The van der Waals surface area contributed by atoms with Gasteiger partial charge in [0, 0.05) is 20.0 Å². The van der Waals surface area contributed by atoms with Gasteiger partial charge in [-0.15, -0.1) is 0 Å². The maximum absolute atomic E-state index is 13.4. The number of ether oxygens (including phenoxy) is 2. The van der Waals surface area contributed by atoms with Crippen molar-refractivity contribution in [1.82, 2.24) is 0 Å². The number of anilines is 2. The number of sulfonamides is 1. The maximum Gasteiger partial charge on any atom is 0.350 e. The molecule has 1 aliphatic rings. The van der Waals surface area contributed by atoms with Gasteiger partial charge in [0.05, 0.1) is 17.6 Å². The lowest BCUT2D eigenvalue weighted by atomic mass is 10.2. The molecular formula is C14H15FN2O6S. The molecule has 1 aromatic carbocycles. The molecular weight excluding hydrogens is 343 g/mol. The number of cyclic esters (lactones) is 2. The molecule has 1 saturated heterocycles. The highest BCUT2D eigenvalue weighted by atomic mass is 32.2. The molecule has 0 radical (unpaired) electrons. The Morgan fingerprint density at radius 3 is 2.25 bits per heavy atom. The van der Waals surface area contributed by atoms with Crippen LogP contribution in [0.4, 0.5) is 15.8 Å². The zero-order chi connectivity index (χ0) is 18.1. The smallest absolute Gasteiger partial charge is 0.350 e. The van der Waals surface area contributed by atoms with Gasteiger partial charge in [0.15, 0.2) is 5.57 Å². The van der Waals surface area contributed by atoms with Crippen LogP contribution in [-0.2, 0) is 29.1 Å². The van der Waals surface area contributed by atoms with Crippen molar-refractivity contribution in [1.29, 1.82) is 0 Å². The number of carbonyl (C=O) groups excluding carboxylic acids is 2. The maximum atomic E-state index is 13.4. The largest absolute Gasteiger partial charge is 0.419 e. The number of benzene rings is 1. The Morgan fingerprint density at radius 1 is 1.12 bits per heavy atom. The summed E-state index contributed by atoms with van der Waals surface area (Å²) >= 11 is 0. The molecule has 2 rings (SSSR count). The van der Waals surface area contributed by atoms with Gasteiger partial charge in [0.2, 0.25) is 10.0 Å². The number of esters is 2. The van der Waals surface area contributed by atoms with E-state index in [9.17, 15) is 22.4 Å². The van der Waals surface area contributed by atoms with E-state index in [2.05, 4.69) is 10.0 Å². The monoisotopic (exact) mass is 358 g/mol. The normalized spacial score (nSPS) is 16.9. The van der Waals surface area contributed by atoms with Crippen LogP contribution in [0.15, 0.2) is 30.0 Å². The highest BCUT2D eigenvalue weighted by Gasteiger charge is 2.38. The first-order valence-electron chi connectivity index (χ1n) is 6.67. The molecule has 0 amide bonds. The van der Waals surface area contributed by atoms with Crippen LogP contribution in [0.2, 0.25) is 0 Å². The standard InChI is InChI=1S/C14H15FN2O6S/c1-14(2)22-12(18)9(13(19)23-14)7-16-11-6-8(15)4-5-10(11)17-24(3,20)21/h4-7,16-17H,1-3H3. The molecule has 0 unspecified atom stereocenters. The number of carbonyl (C=O) groups is 2. The lowest BCUT2D eigenvalue weighted by Gasteiger charge is -2.29. The highest BCUT2D eigenvalue weighted by molar-refractivity contribution is 7.92. The summed E-state index contributed by atoms with van der Waals surface area (Å²) in [7, 11) is -3.61. The summed E-state index contributed by atoms with van der Waals surface area (Å²) in [5.74, 6) is -3.87. The molecule has 130 valence electrons. The second-order valence-corrected chi connectivity index (χ2v) is 7.19. The van der Waals surface area contributed by atoms with Crippen molar-refractivity contribution >= 4 is 33.3 Å². The molecule has 0 spiro atoms. The highest BCUT2D eigenvalue weighted by Crippen LogP contribution is 2.26. The molecule has 8 nitrogen and oxygen atoms in total. The van der Waals surface area contributed by atoms with Gasteiger partial charge < -0.3 is 14.8 Å².